The van der Waals surface area contributed by atoms with Crippen molar-refractivity contribution in [2.75, 3.05) is 11.1 Å². The lowest BCUT2D eigenvalue weighted by atomic mass is 10.2. The van der Waals surface area contributed by atoms with Crippen LogP contribution in [0.2, 0.25) is 0 Å². The molecule has 106 valence electrons. The second-order valence-electron chi connectivity index (χ2n) is 3.98. The van der Waals surface area contributed by atoms with Crippen LogP contribution in [0.1, 0.15) is 5.56 Å². The van der Waals surface area contributed by atoms with Crippen LogP contribution < -0.4 is 11.1 Å². The number of rotatable bonds is 3. The molecule has 0 radical (unpaired) electrons. The third kappa shape index (κ3) is 2.96. The summed E-state index contributed by atoms with van der Waals surface area (Å²) in [6.07, 6.45) is -4.41. The third-order valence-corrected chi connectivity index (χ3v) is 3.57. The molecule has 4 nitrogen and oxygen atoms in total. The number of hydrogen-bond acceptors (Lipinski definition) is 4. The first-order valence-electron chi connectivity index (χ1n) is 5.43. The molecule has 0 unspecified atom stereocenters. The fourth-order valence-corrected chi connectivity index (χ4v) is 2.60. The molecule has 1 aliphatic rings. The lowest BCUT2D eigenvalue weighted by Crippen LogP contribution is -2.21. The van der Waals surface area contributed by atoms with Gasteiger partial charge in [-0.15, -0.1) is 0 Å². The van der Waals surface area contributed by atoms with Crippen molar-refractivity contribution in [3.05, 3.63) is 40.4 Å². The number of nitrogens with one attached hydrogen (secondary N) is 1. The fraction of sp³-hybridized carbons (Fsp3) is 0.167. The van der Waals surface area contributed by atoms with Crippen LogP contribution in [0.3, 0.4) is 0 Å². The molecule has 8 heteroatoms. The highest BCUT2D eigenvalue weighted by Crippen LogP contribution is 2.32. The smallest absolute Gasteiger partial charge is 0.365 e. The van der Waals surface area contributed by atoms with Gasteiger partial charge in [0.1, 0.15) is 5.57 Å². The van der Waals surface area contributed by atoms with Crippen LogP contribution in [0.25, 0.3) is 0 Å². The van der Waals surface area contributed by atoms with Gasteiger partial charge in [-0.2, -0.15) is 13.2 Å². The van der Waals surface area contributed by atoms with Crippen LogP contribution in [0.5, 0.6) is 0 Å². The van der Waals surface area contributed by atoms with Crippen molar-refractivity contribution in [1.82, 2.24) is 0 Å². The minimum Gasteiger partial charge on any atom is -0.365 e. The standard InChI is InChI=1S/C12H9F3N2O2S/c13-12(14,15)6-1-3-7(4-2-6)17-11-9(10(16)19)8(18)5-20-11/h1-4,17H,5H2,(H2,16,19). The van der Waals surface area contributed by atoms with Gasteiger partial charge >= 0.3 is 6.18 Å². The molecule has 0 bridgehead atoms. The molecule has 1 aliphatic heterocycles. The molecule has 1 aromatic carbocycles. The summed E-state index contributed by atoms with van der Waals surface area (Å²) in [6, 6.07) is 4.26. The number of thioether (sulfide) groups is 1. The number of carbonyl (C=O) groups excluding carboxylic acids is 2. The van der Waals surface area contributed by atoms with E-state index in [2.05, 4.69) is 5.32 Å². The number of halogens is 3. The summed E-state index contributed by atoms with van der Waals surface area (Å²) in [5.74, 6) is -1.16. The summed E-state index contributed by atoms with van der Waals surface area (Å²) in [6.45, 7) is 0. The van der Waals surface area contributed by atoms with Crippen molar-refractivity contribution in [1.29, 1.82) is 0 Å². The zero-order valence-electron chi connectivity index (χ0n) is 9.95. The molecule has 3 N–H and O–H groups in total. The number of primary amides is 1. The van der Waals surface area contributed by atoms with Gasteiger partial charge in [0.05, 0.1) is 16.3 Å². The molecule has 0 aliphatic carbocycles. The van der Waals surface area contributed by atoms with Crippen LogP contribution in [0.15, 0.2) is 34.9 Å². The molecule has 0 atom stereocenters. The molecule has 0 saturated carbocycles. The molecule has 1 amide bonds. The number of Topliss-reactive ketones (excluding diaryl/α,β-unsaturated/α-hetero) is 1. The van der Waals surface area contributed by atoms with Crippen molar-refractivity contribution in [3.63, 3.8) is 0 Å². The average molecular weight is 302 g/mol. The Morgan fingerprint density at radius 1 is 1.25 bits per heavy atom. The zero-order chi connectivity index (χ0) is 14.9. The first-order chi connectivity index (χ1) is 9.29. The molecule has 0 spiro atoms. The van der Waals surface area contributed by atoms with Crippen molar-refractivity contribution in [3.8, 4) is 0 Å². The molecule has 0 aromatic heterocycles. The summed E-state index contributed by atoms with van der Waals surface area (Å²) in [4.78, 5) is 22.6. The second-order valence-corrected chi connectivity index (χ2v) is 4.97. The lowest BCUT2D eigenvalue weighted by molar-refractivity contribution is -0.137. The number of carbonyl (C=O) groups is 2. The van der Waals surface area contributed by atoms with Gasteiger partial charge in [-0.25, -0.2) is 0 Å². The maximum absolute atomic E-state index is 12.4. The predicted octanol–water partition coefficient (Wildman–Crippen LogP) is 2.13. The van der Waals surface area contributed by atoms with Crippen LogP contribution in [0, 0.1) is 0 Å². The molecule has 0 saturated heterocycles. The summed E-state index contributed by atoms with van der Waals surface area (Å²) >= 11 is 1.09. The second kappa shape index (κ2) is 5.20. The van der Waals surface area contributed by atoms with Gasteiger partial charge in [0.2, 0.25) is 0 Å². The van der Waals surface area contributed by atoms with Crippen LogP contribution in [-0.2, 0) is 15.8 Å². The van der Waals surface area contributed by atoms with Crippen molar-refractivity contribution >= 4 is 29.1 Å². The Labute approximate surface area is 116 Å². The molecule has 0 fully saturated rings. The van der Waals surface area contributed by atoms with Gasteiger partial charge in [0, 0.05) is 5.69 Å². The molecular weight excluding hydrogens is 293 g/mol. The lowest BCUT2D eigenvalue weighted by Gasteiger charge is -2.10. The van der Waals surface area contributed by atoms with Gasteiger partial charge in [-0.3, -0.25) is 9.59 Å². The van der Waals surface area contributed by atoms with E-state index in [1.165, 1.54) is 12.1 Å². The van der Waals surface area contributed by atoms with Crippen LogP contribution in [0.4, 0.5) is 18.9 Å². The molecule has 20 heavy (non-hydrogen) atoms. The number of ketones is 1. The Balaban J connectivity index is 2.22. The minimum atomic E-state index is -4.41. The first-order valence-corrected chi connectivity index (χ1v) is 6.42. The Morgan fingerprint density at radius 2 is 1.85 bits per heavy atom. The monoisotopic (exact) mass is 302 g/mol. The van der Waals surface area contributed by atoms with Gasteiger partial charge in [0.15, 0.2) is 5.78 Å². The number of hydrogen-bond donors (Lipinski definition) is 2. The number of anilines is 1. The average Bonchev–Trinajstić information content (AvgIpc) is 2.70. The minimum absolute atomic E-state index is 0.0846. The van der Waals surface area contributed by atoms with Crippen molar-refractivity contribution in [2.24, 2.45) is 5.73 Å². The maximum Gasteiger partial charge on any atom is 0.416 e. The summed E-state index contributed by atoms with van der Waals surface area (Å²) in [7, 11) is 0. The van der Waals surface area contributed by atoms with E-state index in [4.69, 9.17) is 5.73 Å². The van der Waals surface area contributed by atoms with Gasteiger partial charge in [0.25, 0.3) is 5.91 Å². The SMILES string of the molecule is NC(=O)C1=C(Nc2ccc(C(F)(F)F)cc2)SCC1=O. The quantitative estimate of drug-likeness (QED) is 0.839. The van der Waals surface area contributed by atoms with E-state index in [9.17, 15) is 22.8 Å². The van der Waals surface area contributed by atoms with E-state index in [0.29, 0.717) is 5.69 Å². The topological polar surface area (TPSA) is 72.2 Å². The van der Waals surface area contributed by atoms with Crippen LogP contribution >= 0.6 is 11.8 Å². The molecule has 2 rings (SSSR count). The fourth-order valence-electron chi connectivity index (χ4n) is 1.63. The molecular formula is C12H9F3N2O2S. The largest absolute Gasteiger partial charge is 0.416 e. The molecule has 1 heterocycles. The summed E-state index contributed by atoms with van der Waals surface area (Å²) in [5.41, 5.74) is 4.52. The van der Waals surface area contributed by atoms with Gasteiger partial charge in [-0.05, 0) is 24.3 Å². The van der Waals surface area contributed by atoms with Crippen molar-refractivity contribution in [2.45, 2.75) is 6.18 Å². The van der Waals surface area contributed by atoms with Gasteiger partial charge < -0.3 is 11.1 Å². The highest BCUT2D eigenvalue weighted by atomic mass is 32.2. The Kier molecular flexibility index (Phi) is 3.76. The highest BCUT2D eigenvalue weighted by molar-refractivity contribution is 8.04. The first kappa shape index (κ1) is 14.4. The maximum atomic E-state index is 12.4. The van der Waals surface area contributed by atoms with Crippen LogP contribution in [-0.4, -0.2) is 17.4 Å². The Hall–Kier alpha value is -1.96. The Bertz CT molecular complexity index is 594. The highest BCUT2D eigenvalue weighted by Gasteiger charge is 2.31. The van der Waals surface area contributed by atoms with E-state index in [1.54, 1.807) is 0 Å². The van der Waals surface area contributed by atoms with E-state index >= 15 is 0 Å². The van der Waals surface area contributed by atoms with E-state index in [1.807, 2.05) is 0 Å². The molecule has 1 aromatic rings. The zero-order valence-corrected chi connectivity index (χ0v) is 10.8. The number of alkyl halides is 3. The number of nitrogens with two attached hydrogens (primary N) is 1. The van der Waals surface area contributed by atoms with E-state index < -0.39 is 23.4 Å². The van der Waals surface area contributed by atoms with E-state index in [-0.39, 0.29) is 16.4 Å². The summed E-state index contributed by atoms with van der Waals surface area (Å²) in [5, 5.41) is 3.00. The van der Waals surface area contributed by atoms with Gasteiger partial charge in [-0.1, -0.05) is 11.8 Å². The third-order valence-electron chi connectivity index (χ3n) is 2.57. The Morgan fingerprint density at radius 3 is 2.35 bits per heavy atom. The summed E-state index contributed by atoms with van der Waals surface area (Å²) < 4.78 is 37.2. The normalized spacial score (nSPS) is 15.7. The predicted molar refractivity (Wildman–Crippen MR) is 68.8 cm³/mol. The van der Waals surface area contributed by atoms with E-state index in [0.717, 1.165) is 23.9 Å². The van der Waals surface area contributed by atoms with Crippen molar-refractivity contribution < 1.29 is 22.8 Å². The number of amides is 1. The number of benzene rings is 1.